The van der Waals surface area contributed by atoms with E-state index < -0.39 is 6.29 Å². The summed E-state index contributed by atoms with van der Waals surface area (Å²) in [4.78, 5) is 0. The van der Waals surface area contributed by atoms with E-state index in [4.69, 9.17) is 9.84 Å². The molecule has 6 nitrogen and oxygen atoms in total. The van der Waals surface area contributed by atoms with Crippen molar-refractivity contribution in [1.82, 2.24) is 0 Å². The molecule has 36 heavy (non-hydrogen) atoms. The van der Waals surface area contributed by atoms with E-state index in [9.17, 15) is 20.4 Å². The Kier molecular flexibility index (Phi) is 9.49. The molecule has 4 aliphatic rings. The average Bonchev–Trinajstić information content (AvgIpc) is 3.19. The Morgan fingerprint density at radius 2 is 1.56 bits per heavy atom. The minimum absolute atomic E-state index is 0.0232. The number of hydrogen-bond acceptors (Lipinski definition) is 6. The van der Waals surface area contributed by atoms with Crippen molar-refractivity contribution in [3.05, 3.63) is 0 Å². The molecule has 4 rings (SSSR count). The van der Waals surface area contributed by atoms with Crippen LogP contribution in [0.25, 0.3) is 0 Å². The third kappa shape index (κ3) is 5.56. The van der Waals surface area contributed by atoms with Crippen molar-refractivity contribution in [2.45, 2.75) is 129 Å². The summed E-state index contributed by atoms with van der Waals surface area (Å²) in [6.07, 6.45) is 10.3. The molecule has 0 aliphatic heterocycles. The number of aliphatic hydroxyl groups excluding tert-OH is 5. The minimum Gasteiger partial charge on any atom is -0.396 e. The van der Waals surface area contributed by atoms with Crippen LogP contribution >= 0.6 is 0 Å². The molecule has 0 heterocycles. The monoisotopic (exact) mass is 510 g/mol. The number of rotatable bonds is 11. The average molecular weight is 511 g/mol. The number of fused-ring (bicyclic) bond motifs is 5. The van der Waals surface area contributed by atoms with Gasteiger partial charge < -0.3 is 30.3 Å². The maximum atomic E-state index is 11.4. The van der Waals surface area contributed by atoms with Gasteiger partial charge in [0.1, 0.15) is 0 Å². The summed E-state index contributed by atoms with van der Waals surface area (Å²) in [5.74, 6) is 3.06. The highest BCUT2D eigenvalue weighted by atomic mass is 16.6. The number of hydrogen-bond donors (Lipinski definition) is 5. The topological polar surface area (TPSA) is 110 Å². The molecule has 0 saturated heterocycles. The quantitative estimate of drug-likeness (QED) is 0.266. The SMILES string of the molecule is CC(CCC(O)OC(CCO)CCCO)C1CCC2C3C(O)CC4CC(O)CCC4(C)C3CCC12C. The van der Waals surface area contributed by atoms with Gasteiger partial charge in [0, 0.05) is 13.2 Å². The predicted octanol–water partition coefficient (Wildman–Crippen LogP) is 4.25. The lowest BCUT2D eigenvalue weighted by Gasteiger charge is -2.62. The van der Waals surface area contributed by atoms with E-state index in [1.807, 2.05) is 0 Å². The predicted molar refractivity (Wildman–Crippen MR) is 140 cm³/mol. The molecule has 12 unspecified atom stereocenters. The smallest absolute Gasteiger partial charge is 0.154 e. The molecule has 6 heteroatoms. The molecule has 210 valence electrons. The Bertz CT molecular complexity index is 703. The van der Waals surface area contributed by atoms with Crippen LogP contribution in [-0.4, -0.2) is 63.3 Å². The Hall–Kier alpha value is -0.240. The van der Waals surface area contributed by atoms with Crippen molar-refractivity contribution in [2.75, 3.05) is 13.2 Å². The number of aliphatic hydroxyl groups is 5. The Morgan fingerprint density at radius 3 is 2.28 bits per heavy atom. The normalized spacial score (nSPS) is 44.8. The molecule has 12 atom stereocenters. The fraction of sp³-hybridized carbons (Fsp3) is 1.00. The van der Waals surface area contributed by atoms with Gasteiger partial charge in [-0.15, -0.1) is 0 Å². The molecule has 0 spiro atoms. The van der Waals surface area contributed by atoms with Gasteiger partial charge >= 0.3 is 0 Å². The van der Waals surface area contributed by atoms with Crippen LogP contribution in [0.15, 0.2) is 0 Å². The third-order valence-electron chi connectivity index (χ3n) is 11.8. The standard InChI is InChI=1S/C30H54O6/c1-19(6-9-27(35)36-22(12-16-32)5-4-15-31)23-7-8-24-28-25(11-14-30(23,24)3)29(2)13-10-21(33)17-20(29)18-26(28)34/h19-28,31-35H,4-18H2,1-3H3. The van der Waals surface area contributed by atoms with E-state index in [1.165, 1.54) is 25.7 Å². The molecule has 4 fully saturated rings. The zero-order valence-corrected chi connectivity index (χ0v) is 23.0. The molecule has 0 amide bonds. The van der Waals surface area contributed by atoms with Crippen molar-refractivity contribution in [3.63, 3.8) is 0 Å². The van der Waals surface area contributed by atoms with Gasteiger partial charge in [0.25, 0.3) is 0 Å². The summed E-state index contributed by atoms with van der Waals surface area (Å²) in [5, 5.41) is 50.7. The fourth-order valence-electron chi connectivity index (χ4n) is 9.82. The first-order valence-corrected chi connectivity index (χ1v) is 15.0. The zero-order chi connectivity index (χ0) is 26.1. The second-order valence-electron chi connectivity index (χ2n) is 13.6. The third-order valence-corrected chi connectivity index (χ3v) is 11.8. The van der Waals surface area contributed by atoms with Crippen molar-refractivity contribution >= 4 is 0 Å². The number of ether oxygens (including phenoxy) is 1. The lowest BCUT2D eigenvalue weighted by atomic mass is 9.43. The van der Waals surface area contributed by atoms with Crippen LogP contribution in [0.4, 0.5) is 0 Å². The van der Waals surface area contributed by atoms with Gasteiger partial charge in [0.2, 0.25) is 0 Å². The second-order valence-corrected chi connectivity index (χ2v) is 13.6. The van der Waals surface area contributed by atoms with Crippen molar-refractivity contribution in [3.8, 4) is 0 Å². The van der Waals surface area contributed by atoms with Crippen LogP contribution in [0.3, 0.4) is 0 Å². The Labute approximate surface area is 218 Å². The molecule has 0 aromatic carbocycles. The first-order chi connectivity index (χ1) is 17.1. The summed E-state index contributed by atoms with van der Waals surface area (Å²) in [5.41, 5.74) is 0.502. The van der Waals surface area contributed by atoms with Gasteiger partial charge in [-0.05, 0) is 130 Å². The molecule has 0 aromatic rings. The first-order valence-electron chi connectivity index (χ1n) is 15.0. The summed E-state index contributed by atoms with van der Waals surface area (Å²) in [6, 6.07) is 0. The summed E-state index contributed by atoms with van der Waals surface area (Å²) in [6.45, 7) is 7.42. The van der Waals surface area contributed by atoms with Gasteiger partial charge in [-0.3, -0.25) is 0 Å². The highest BCUT2D eigenvalue weighted by Crippen LogP contribution is 2.68. The largest absolute Gasteiger partial charge is 0.396 e. The van der Waals surface area contributed by atoms with E-state index in [2.05, 4.69) is 20.8 Å². The zero-order valence-electron chi connectivity index (χ0n) is 23.0. The fourth-order valence-corrected chi connectivity index (χ4v) is 9.82. The molecule has 4 saturated carbocycles. The maximum Gasteiger partial charge on any atom is 0.154 e. The molecular weight excluding hydrogens is 456 g/mol. The van der Waals surface area contributed by atoms with Gasteiger partial charge in [-0.2, -0.15) is 0 Å². The highest BCUT2D eigenvalue weighted by molar-refractivity contribution is 5.11. The highest BCUT2D eigenvalue weighted by Gasteiger charge is 2.62. The molecule has 0 bridgehead atoms. The lowest BCUT2D eigenvalue weighted by molar-refractivity contribution is -0.175. The van der Waals surface area contributed by atoms with Crippen LogP contribution in [0.5, 0.6) is 0 Å². The van der Waals surface area contributed by atoms with Crippen LogP contribution in [0.1, 0.15) is 104 Å². The van der Waals surface area contributed by atoms with Crippen LogP contribution < -0.4 is 0 Å². The van der Waals surface area contributed by atoms with Crippen molar-refractivity contribution < 1.29 is 30.3 Å². The summed E-state index contributed by atoms with van der Waals surface area (Å²) >= 11 is 0. The van der Waals surface area contributed by atoms with Gasteiger partial charge in [-0.25, -0.2) is 0 Å². The molecule has 0 aromatic heterocycles. The van der Waals surface area contributed by atoms with Crippen LogP contribution in [0.2, 0.25) is 0 Å². The first kappa shape index (κ1) is 28.8. The Balaban J connectivity index is 1.37. The van der Waals surface area contributed by atoms with Gasteiger partial charge in [0.05, 0.1) is 18.3 Å². The van der Waals surface area contributed by atoms with Gasteiger partial charge in [-0.1, -0.05) is 20.8 Å². The van der Waals surface area contributed by atoms with E-state index in [0.717, 1.165) is 32.1 Å². The molecular formula is C30H54O6. The second kappa shape index (κ2) is 11.9. The van der Waals surface area contributed by atoms with Crippen molar-refractivity contribution in [1.29, 1.82) is 0 Å². The van der Waals surface area contributed by atoms with Crippen molar-refractivity contribution in [2.24, 2.45) is 46.3 Å². The summed E-state index contributed by atoms with van der Waals surface area (Å²) in [7, 11) is 0. The lowest BCUT2D eigenvalue weighted by Crippen LogP contribution is -2.58. The minimum atomic E-state index is -0.831. The van der Waals surface area contributed by atoms with E-state index in [1.54, 1.807) is 0 Å². The molecule has 4 aliphatic carbocycles. The van der Waals surface area contributed by atoms with Gasteiger partial charge in [0.15, 0.2) is 6.29 Å². The van der Waals surface area contributed by atoms with Crippen LogP contribution in [-0.2, 0) is 4.74 Å². The van der Waals surface area contributed by atoms with E-state index in [0.29, 0.717) is 61.2 Å². The van der Waals surface area contributed by atoms with Crippen LogP contribution in [0, 0.1) is 46.3 Å². The maximum absolute atomic E-state index is 11.4. The van der Waals surface area contributed by atoms with E-state index >= 15 is 0 Å². The summed E-state index contributed by atoms with van der Waals surface area (Å²) < 4.78 is 5.83. The Morgan fingerprint density at radius 1 is 0.833 bits per heavy atom. The molecule has 0 radical (unpaired) electrons. The van der Waals surface area contributed by atoms with E-state index in [-0.39, 0.29) is 42.4 Å². The molecule has 5 N–H and O–H groups in total.